The van der Waals surface area contributed by atoms with E-state index in [1.807, 2.05) is 18.2 Å². The quantitative estimate of drug-likeness (QED) is 0.698. The Morgan fingerprint density at radius 1 is 1.14 bits per heavy atom. The summed E-state index contributed by atoms with van der Waals surface area (Å²) in [5.74, 6) is 0.355. The number of hydrogen-bond donors (Lipinski definition) is 4. The van der Waals surface area contributed by atoms with E-state index in [9.17, 15) is 4.79 Å². The molecule has 1 aliphatic heterocycles. The summed E-state index contributed by atoms with van der Waals surface area (Å²) < 4.78 is 0. The predicted octanol–water partition coefficient (Wildman–Crippen LogP) is 1.87. The Morgan fingerprint density at radius 3 is 2.67 bits per heavy atom. The van der Waals surface area contributed by atoms with Gasteiger partial charge in [-0.2, -0.15) is 0 Å². The van der Waals surface area contributed by atoms with E-state index < -0.39 is 0 Å². The summed E-state index contributed by atoms with van der Waals surface area (Å²) in [6.45, 7) is 0. The number of carbonyl (C=O) groups is 1. The van der Waals surface area contributed by atoms with Crippen LogP contribution in [-0.4, -0.2) is 11.7 Å². The molecule has 0 saturated heterocycles. The van der Waals surface area contributed by atoms with E-state index in [1.165, 1.54) is 0 Å². The van der Waals surface area contributed by atoms with Gasteiger partial charge >= 0.3 is 0 Å². The van der Waals surface area contributed by atoms with Gasteiger partial charge in [0.15, 0.2) is 5.84 Å². The SMILES string of the molecule is O=C(Nc1cc(Cl)ccc1C1=NNNN1)c1ccccc1. The van der Waals surface area contributed by atoms with Gasteiger partial charge in [-0.05, 0) is 30.3 Å². The fourth-order valence-corrected chi connectivity index (χ4v) is 2.11. The van der Waals surface area contributed by atoms with Crippen molar-refractivity contribution in [3.8, 4) is 0 Å². The number of amides is 1. The first-order chi connectivity index (χ1) is 10.2. The number of hydrazone groups is 1. The van der Waals surface area contributed by atoms with Gasteiger partial charge in [-0.1, -0.05) is 29.8 Å². The summed E-state index contributed by atoms with van der Waals surface area (Å²) >= 11 is 6.01. The highest BCUT2D eigenvalue weighted by Crippen LogP contribution is 2.22. The molecule has 0 saturated carbocycles. The molecule has 0 unspecified atom stereocenters. The van der Waals surface area contributed by atoms with Crippen LogP contribution in [0.1, 0.15) is 15.9 Å². The van der Waals surface area contributed by atoms with Crippen LogP contribution >= 0.6 is 11.6 Å². The molecule has 2 aromatic rings. The van der Waals surface area contributed by atoms with E-state index in [4.69, 9.17) is 11.6 Å². The molecular weight excluding hydrogens is 290 g/mol. The molecule has 1 aliphatic rings. The van der Waals surface area contributed by atoms with E-state index in [-0.39, 0.29) is 5.91 Å². The van der Waals surface area contributed by atoms with Crippen molar-refractivity contribution < 1.29 is 4.79 Å². The van der Waals surface area contributed by atoms with Crippen LogP contribution in [0, 0.1) is 0 Å². The molecule has 2 aromatic carbocycles. The normalized spacial score (nSPS) is 13.1. The third kappa shape index (κ3) is 2.96. The van der Waals surface area contributed by atoms with Gasteiger partial charge in [0.2, 0.25) is 0 Å². The van der Waals surface area contributed by atoms with Gasteiger partial charge in [0.1, 0.15) is 0 Å². The van der Waals surface area contributed by atoms with Crippen molar-refractivity contribution in [3.05, 3.63) is 64.7 Å². The number of nitrogens with zero attached hydrogens (tertiary/aromatic N) is 1. The average molecular weight is 302 g/mol. The third-order valence-electron chi connectivity index (χ3n) is 2.93. The van der Waals surface area contributed by atoms with Crippen LogP contribution in [0.2, 0.25) is 5.02 Å². The molecule has 0 spiro atoms. The second-order valence-electron chi connectivity index (χ2n) is 4.33. The molecule has 6 nitrogen and oxygen atoms in total. The van der Waals surface area contributed by atoms with Crippen LogP contribution in [-0.2, 0) is 0 Å². The van der Waals surface area contributed by atoms with Crippen molar-refractivity contribution in [2.45, 2.75) is 0 Å². The van der Waals surface area contributed by atoms with E-state index in [0.717, 1.165) is 5.56 Å². The van der Waals surface area contributed by atoms with Crippen LogP contribution in [0.15, 0.2) is 53.6 Å². The first-order valence-electron chi connectivity index (χ1n) is 6.24. The molecule has 0 aromatic heterocycles. The van der Waals surface area contributed by atoms with E-state index in [1.54, 1.807) is 30.3 Å². The average Bonchev–Trinajstić information content (AvgIpc) is 3.02. The molecule has 7 heteroatoms. The van der Waals surface area contributed by atoms with Gasteiger partial charge in [0.05, 0.1) is 5.69 Å². The lowest BCUT2D eigenvalue weighted by molar-refractivity contribution is 0.102. The zero-order chi connectivity index (χ0) is 14.7. The summed E-state index contributed by atoms with van der Waals surface area (Å²) in [6, 6.07) is 14.2. The Balaban J connectivity index is 1.91. The lowest BCUT2D eigenvalue weighted by atomic mass is 10.1. The molecular formula is C14H12ClN5O. The first-order valence-corrected chi connectivity index (χ1v) is 6.62. The van der Waals surface area contributed by atoms with Gasteiger partial charge in [0.25, 0.3) is 5.91 Å². The van der Waals surface area contributed by atoms with E-state index >= 15 is 0 Å². The van der Waals surface area contributed by atoms with Gasteiger partial charge in [-0.15, -0.1) is 10.6 Å². The number of hydrazine groups is 2. The van der Waals surface area contributed by atoms with E-state index in [2.05, 4.69) is 26.9 Å². The third-order valence-corrected chi connectivity index (χ3v) is 3.16. The molecule has 1 heterocycles. The minimum atomic E-state index is -0.210. The second-order valence-corrected chi connectivity index (χ2v) is 4.77. The Labute approximate surface area is 126 Å². The van der Waals surface area contributed by atoms with Crippen LogP contribution in [0.3, 0.4) is 0 Å². The van der Waals surface area contributed by atoms with Crippen molar-refractivity contribution in [1.29, 1.82) is 0 Å². The maximum Gasteiger partial charge on any atom is 0.255 e. The number of amidine groups is 1. The minimum Gasteiger partial charge on any atom is -0.321 e. The number of halogens is 1. The summed E-state index contributed by atoms with van der Waals surface area (Å²) in [5.41, 5.74) is 9.94. The van der Waals surface area contributed by atoms with Crippen molar-refractivity contribution in [1.82, 2.24) is 16.5 Å². The van der Waals surface area contributed by atoms with Crippen LogP contribution in [0.5, 0.6) is 0 Å². The Morgan fingerprint density at radius 2 is 1.95 bits per heavy atom. The maximum absolute atomic E-state index is 12.2. The largest absolute Gasteiger partial charge is 0.321 e. The molecule has 0 bridgehead atoms. The topological polar surface area (TPSA) is 77.5 Å². The fraction of sp³-hybridized carbons (Fsp3) is 0. The highest BCUT2D eigenvalue weighted by atomic mass is 35.5. The molecule has 0 atom stereocenters. The highest BCUT2D eigenvalue weighted by molar-refractivity contribution is 6.31. The van der Waals surface area contributed by atoms with Gasteiger partial charge in [-0.25, -0.2) is 5.53 Å². The van der Waals surface area contributed by atoms with Gasteiger partial charge < -0.3 is 5.32 Å². The number of anilines is 1. The molecule has 4 N–H and O–H groups in total. The number of hydrogen-bond acceptors (Lipinski definition) is 5. The van der Waals surface area contributed by atoms with E-state index in [0.29, 0.717) is 22.1 Å². The maximum atomic E-state index is 12.2. The number of rotatable bonds is 3. The van der Waals surface area contributed by atoms with Crippen molar-refractivity contribution in [2.24, 2.45) is 5.10 Å². The van der Waals surface area contributed by atoms with Crippen molar-refractivity contribution in [2.75, 3.05) is 5.32 Å². The zero-order valence-corrected chi connectivity index (χ0v) is 11.6. The highest BCUT2D eigenvalue weighted by Gasteiger charge is 2.15. The molecule has 0 fully saturated rings. The van der Waals surface area contributed by atoms with Crippen molar-refractivity contribution >= 4 is 29.0 Å². The lowest BCUT2D eigenvalue weighted by Crippen LogP contribution is -2.35. The molecule has 21 heavy (non-hydrogen) atoms. The molecule has 1 amide bonds. The predicted molar refractivity (Wildman–Crippen MR) is 81.8 cm³/mol. The smallest absolute Gasteiger partial charge is 0.255 e. The van der Waals surface area contributed by atoms with Crippen LogP contribution in [0.25, 0.3) is 0 Å². The van der Waals surface area contributed by atoms with Crippen molar-refractivity contribution in [3.63, 3.8) is 0 Å². The number of nitrogens with one attached hydrogen (secondary N) is 4. The van der Waals surface area contributed by atoms with Gasteiger partial charge in [0, 0.05) is 16.1 Å². The zero-order valence-electron chi connectivity index (χ0n) is 10.9. The Kier molecular flexibility index (Phi) is 3.72. The number of carbonyl (C=O) groups excluding carboxylic acids is 1. The fourth-order valence-electron chi connectivity index (χ4n) is 1.94. The summed E-state index contributed by atoms with van der Waals surface area (Å²) in [7, 11) is 0. The summed E-state index contributed by atoms with van der Waals surface area (Å²) in [6.07, 6.45) is 0. The minimum absolute atomic E-state index is 0.210. The second kappa shape index (κ2) is 5.82. The van der Waals surface area contributed by atoms with Gasteiger partial charge in [-0.3, -0.25) is 10.2 Å². The lowest BCUT2D eigenvalue weighted by Gasteiger charge is -2.11. The van der Waals surface area contributed by atoms with Crippen LogP contribution in [0.4, 0.5) is 5.69 Å². The molecule has 3 rings (SSSR count). The summed E-state index contributed by atoms with van der Waals surface area (Å²) in [4.78, 5) is 12.2. The molecule has 0 radical (unpaired) electrons. The first kappa shape index (κ1) is 13.4. The Hall–Kier alpha value is -2.57. The molecule has 0 aliphatic carbocycles. The Bertz CT molecular complexity index is 702. The van der Waals surface area contributed by atoms with Crippen LogP contribution < -0.4 is 21.8 Å². The molecule has 106 valence electrons. The number of benzene rings is 2. The monoisotopic (exact) mass is 301 g/mol. The standard InChI is InChI=1S/C14H12ClN5O/c15-10-6-7-11(13-17-19-20-18-13)12(8-10)16-14(21)9-4-2-1-3-5-9/h1-8,19-20H,(H,16,21)(H,17,18). The summed E-state index contributed by atoms with van der Waals surface area (Å²) in [5, 5.41) is 7.40.